The maximum Gasteiger partial charge on any atom is 0.161 e. The van der Waals surface area contributed by atoms with Gasteiger partial charge in [0, 0.05) is 27.8 Å². The Kier molecular flexibility index (Phi) is 5.72. The molecule has 0 spiro atoms. The highest BCUT2D eigenvalue weighted by Crippen LogP contribution is 2.35. The average molecular weight is 441 g/mol. The van der Waals surface area contributed by atoms with Gasteiger partial charge in [0.2, 0.25) is 0 Å². The number of hydrogen-bond donors (Lipinski definition) is 1. The van der Waals surface area contributed by atoms with E-state index in [1.807, 2.05) is 12.1 Å². The van der Waals surface area contributed by atoms with Crippen molar-refractivity contribution < 1.29 is 9.47 Å². The van der Waals surface area contributed by atoms with Gasteiger partial charge in [-0.2, -0.15) is 0 Å². The van der Waals surface area contributed by atoms with Gasteiger partial charge in [-0.3, -0.25) is 4.98 Å². The van der Waals surface area contributed by atoms with Crippen molar-refractivity contribution in [2.45, 2.75) is 32.1 Å². The van der Waals surface area contributed by atoms with Gasteiger partial charge in [0.15, 0.2) is 11.5 Å². The van der Waals surface area contributed by atoms with Gasteiger partial charge >= 0.3 is 0 Å². The molecule has 1 aliphatic rings. The molecule has 1 aromatic heterocycles. The maximum atomic E-state index is 5.45. The van der Waals surface area contributed by atoms with Crippen molar-refractivity contribution in [2.75, 3.05) is 26.1 Å². The fraction of sp³-hybridized carbons (Fsp3) is 0.348. The minimum atomic E-state index is 0.736. The van der Waals surface area contributed by atoms with Crippen molar-refractivity contribution in [3.63, 3.8) is 0 Å². The van der Waals surface area contributed by atoms with Gasteiger partial charge in [0.1, 0.15) is 0 Å². The molecule has 0 fully saturated rings. The minimum Gasteiger partial charge on any atom is -0.493 e. The van der Waals surface area contributed by atoms with Crippen LogP contribution >= 0.6 is 15.9 Å². The lowest BCUT2D eigenvalue weighted by Crippen LogP contribution is -2.13. The summed E-state index contributed by atoms with van der Waals surface area (Å²) < 4.78 is 11.9. The fourth-order valence-electron chi connectivity index (χ4n) is 3.98. The summed E-state index contributed by atoms with van der Waals surface area (Å²) in [7, 11) is 3.33. The molecule has 0 saturated heterocycles. The third kappa shape index (κ3) is 3.68. The zero-order valence-electron chi connectivity index (χ0n) is 16.3. The van der Waals surface area contributed by atoms with E-state index in [1.54, 1.807) is 14.2 Å². The molecule has 0 bridgehead atoms. The first-order chi connectivity index (χ1) is 13.7. The minimum absolute atomic E-state index is 0.736. The van der Waals surface area contributed by atoms with Crippen molar-refractivity contribution in [3.05, 3.63) is 57.7 Å². The number of fused-ring (bicyclic) bond motifs is 2. The van der Waals surface area contributed by atoms with Crippen LogP contribution < -0.4 is 14.8 Å². The van der Waals surface area contributed by atoms with E-state index < -0.39 is 0 Å². The number of halogens is 1. The molecule has 0 saturated carbocycles. The number of aromatic nitrogens is 1. The van der Waals surface area contributed by atoms with Crippen molar-refractivity contribution in [1.82, 2.24) is 4.98 Å². The average Bonchev–Trinajstić information content (AvgIpc) is 2.73. The quantitative estimate of drug-likeness (QED) is 0.545. The Labute approximate surface area is 174 Å². The van der Waals surface area contributed by atoms with Crippen molar-refractivity contribution in [3.8, 4) is 11.5 Å². The molecule has 0 aliphatic heterocycles. The first-order valence-electron chi connectivity index (χ1n) is 9.76. The Bertz CT molecular complexity index is 1000. The number of methoxy groups -OCH3 is 2. The van der Waals surface area contributed by atoms with Crippen LogP contribution in [0.1, 0.15) is 29.7 Å². The van der Waals surface area contributed by atoms with Crippen LogP contribution in [-0.2, 0) is 19.3 Å². The van der Waals surface area contributed by atoms with E-state index in [-0.39, 0.29) is 0 Å². The van der Waals surface area contributed by atoms with E-state index >= 15 is 0 Å². The van der Waals surface area contributed by atoms with E-state index in [4.69, 9.17) is 14.5 Å². The number of para-hydroxylation sites is 1. The molecule has 2 aromatic carbocycles. The van der Waals surface area contributed by atoms with E-state index in [0.29, 0.717) is 0 Å². The second-order valence-corrected chi connectivity index (χ2v) is 7.97. The maximum absolute atomic E-state index is 5.45. The van der Waals surface area contributed by atoms with Gasteiger partial charge in [-0.25, -0.2) is 0 Å². The first kappa shape index (κ1) is 19.1. The molecule has 4 nitrogen and oxygen atoms in total. The van der Waals surface area contributed by atoms with Crippen LogP contribution in [0, 0.1) is 0 Å². The lowest BCUT2D eigenvalue weighted by molar-refractivity contribution is 0.354. The van der Waals surface area contributed by atoms with Gasteiger partial charge in [-0.15, -0.1) is 0 Å². The van der Waals surface area contributed by atoms with E-state index in [0.717, 1.165) is 47.3 Å². The standard InChI is InChI=1S/C23H25BrN2O2/c1-27-21-13-15(18(24)14-22(21)28-2)11-12-25-23-16-7-3-5-9-19(16)26-20-10-6-4-8-17(20)23/h3,5,7,9,13-14H,4,6,8,10-12H2,1-2H3,(H,25,26). The zero-order chi connectivity index (χ0) is 19.5. The highest BCUT2D eigenvalue weighted by Gasteiger charge is 2.18. The van der Waals surface area contributed by atoms with Gasteiger partial charge in [-0.05, 0) is 61.4 Å². The molecule has 0 amide bonds. The lowest BCUT2D eigenvalue weighted by atomic mass is 9.92. The Morgan fingerprint density at radius 1 is 1.04 bits per heavy atom. The van der Waals surface area contributed by atoms with Crippen LogP contribution in [0.5, 0.6) is 11.5 Å². The summed E-state index contributed by atoms with van der Waals surface area (Å²) in [4.78, 5) is 4.92. The molecule has 146 valence electrons. The van der Waals surface area contributed by atoms with E-state index in [1.165, 1.54) is 40.7 Å². The predicted molar refractivity (Wildman–Crippen MR) is 118 cm³/mol. The molecule has 0 atom stereocenters. The summed E-state index contributed by atoms with van der Waals surface area (Å²) in [6.45, 7) is 0.842. The van der Waals surface area contributed by atoms with Crippen LogP contribution in [0.4, 0.5) is 5.69 Å². The molecule has 1 heterocycles. The fourth-order valence-corrected chi connectivity index (χ4v) is 4.51. The largest absolute Gasteiger partial charge is 0.493 e. The zero-order valence-corrected chi connectivity index (χ0v) is 17.9. The summed E-state index contributed by atoms with van der Waals surface area (Å²) in [6, 6.07) is 12.5. The van der Waals surface area contributed by atoms with Crippen LogP contribution in [0.3, 0.4) is 0 Å². The van der Waals surface area contributed by atoms with Crippen molar-refractivity contribution >= 4 is 32.5 Å². The highest BCUT2D eigenvalue weighted by atomic mass is 79.9. The second kappa shape index (κ2) is 8.39. The number of anilines is 1. The third-order valence-electron chi connectivity index (χ3n) is 5.42. The Morgan fingerprint density at radius 3 is 2.61 bits per heavy atom. The molecule has 0 unspecified atom stereocenters. The number of nitrogens with one attached hydrogen (secondary N) is 1. The lowest BCUT2D eigenvalue weighted by Gasteiger charge is -2.22. The number of nitrogens with zero attached hydrogens (tertiary/aromatic N) is 1. The SMILES string of the molecule is COc1cc(Br)c(CCNc2c3c(nc4ccccc24)CCCC3)cc1OC. The van der Waals surface area contributed by atoms with E-state index in [2.05, 4.69) is 45.5 Å². The number of hydrogen-bond acceptors (Lipinski definition) is 4. The summed E-state index contributed by atoms with van der Waals surface area (Å²) in [5.74, 6) is 1.49. The summed E-state index contributed by atoms with van der Waals surface area (Å²) in [5, 5.41) is 4.94. The summed E-state index contributed by atoms with van der Waals surface area (Å²) in [5.41, 5.74) is 6.20. The number of benzene rings is 2. The van der Waals surface area contributed by atoms with Crippen LogP contribution in [0.2, 0.25) is 0 Å². The highest BCUT2D eigenvalue weighted by molar-refractivity contribution is 9.10. The molecule has 3 aromatic rings. The number of ether oxygens (including phenoxy) is 2. The topological polar surface area (TPSA) is 43.4 Å². The Balaban J connectivity index is 1.60. The third-order valence-corrected chi connectivity index (χ3v) is 6.16. The van der Waals surface area contributed by atoms with Gasteiger partial charge in [0.05, 0.1) is 19.7 Å². The first-order valence-corrected chi connectivity index (χ1v) is 10.6. The Hall–Kier alpha value is -2.27. The van der Waals surface area contributed by atoms with Crippen LogP contribution in [-0.4, -0.2) is 25.7 Å². The number of pyridine rings is 1. The predicted octanol–water partition coefficient (Wildman–Crippen LogP) is 5.55. The second-order valence-electron chi connectivity index (χ2n) is 7.11. The molecule has 0 radical (unpaired) electrons. The molecule has 4 rings (SSSR count). The van der Waals surface area contributed by atoms with Gasteiger partial charge in [0.25, 0.3) is 0 Å². The molecule has 28 heavy (non-hydrogen) atoms. The molecular formula is C23H25BrN2O2. The Morgan fingerprint density at radius 2 is 1.79 bits per heavy atom. The van der Waals surface area contributed by atoms with Crippen molar-refractivity contribution in [2.24, 2.45) is 0 Å². The van der Waals surface area contributed by atoms with Crippen molar-refractivity contribution in [1.29, 1.82) is 0 Å². The smallest absolute Gasteiger partial charge is 0.161 e. The summed E-state index contributed by atoms with van der Waals surface area (Å²) >= 11 is 3.66. The van der Waals surface area contributed by atoms with E-state index in [9.17, 15) is 0 Å². The number of aryl methyl sites for hydroxylation is 1. The molecular weight excluding hydrogens is 416 g/mol. The monoisotopic (exact) mass is 440 g/mol. The molecule has 1 N–H and O–H groups in total. The normalized spacial score (nSPS) is 13.2. The van der Waals surface area contributed by atoms with Gasteiger partial charge < -0.3 is 14.8 Å². The van der Waals surface area contributed by atoms with Crippen LogP contribution in [0.25, 0.3) is 10.9 Å². The molecule has 5 heteroatoms. The summed E-state index contributed by atoms with van der Waals surface area (Å²) in [6.07, 6.45) is 5.54. The molecule has 1 aliphatic carbocycles. The van der Waals surface area contributed by atoms with Crippen LogP contribution in [0.15, 0.2) is 40.9 Å². The van der Waals surface area contributed by atoms with Gasteiger partial charge in [-0.1, -0.05) is 34.1 Å². The number of rotatable bonds is 6.